The number of nitriles is 1. The summed E-state index contributed by atoms with van der Waals surface area (Å²) in [6.45, 7) is 0.303. The number of hydrogen-bond donors (Lipinski definition) is 2. The highest BCUT2D eigenvalue weighted by atomic mass is 79.9. The molecule has 0 spiro atoms. The third kappa shape index (κ3) is 3.37. The lowest BCUT2D eigenvalue weighted by Crippen LogP contribution is -2.02. The van der Waals surface area contributed by atoms with Gasteiger partial charge in [-0.15, -0.1) is 0 Å². The van der Waals surface area contributed by atoms with Crippen molar-refractivity contribution >= 4 is 44.8 Å². The highest BCUT2D eigenvalue weighted by molar-refractivity contribution is 9.10. The Morgan fingerprint density at radius 1 is 1.25 bits per heavy atom. The standard InChI is InChI=1S/C14H9BrCl2N2O/c15-10-2-1-8(6-18)13(4-10)19-7-9-3-11(16)5-12(17)14(9)20/h1-5,19-20H,7H2. The molecule has 2 aromatic carbocycles. The molecule has 0 atom stereocenters. The van der Waals surface area contributed by atoms with Crippen LogP contribution in [0, 0.1) is 11.3 Å². The first kappa shape index (κ1) is 15.0. The smallest absolute Gasteiger partial charge is 0.139 e. The predicted molar refractivity (Wildman–Crippen MR) is 84.3 cm³/mol. The van der Waals surface area contributed by atoms with Gasteiger partial charge >= 0.3 is 0 Å². The predicted octanol–water partition coefficient (Wildman–Crippen LogP) is 4.95. The van der Waals surface area contributed by atoms with E-state index >= 15 is 0 Å². The average Bonchev–Trinajstić information content (AvgIpc) is 2.41. The number of phenols is 1. The molecule has 0 radical (unpaired) electrons. The maximum atomic E-state index is 9.88. The van der Waals surface area contributed by atoms with Gasteiger partial charge in [0.2, 0.25) is 0 Å². The molecule has 0 unspecified atom stereocenters. The summed E-state index contributed by atoms with van der Waals surface area (Å²) in [5.74, 6) is -0.0166. The summed E-state index contributed by atoms with van der Waals surface area (Å²) >= 11 is 15.1. The molecule has 0 aliphatic rings. The summed E-state index contributed by atoms with van der Waals surface area (Å²) in [4.78, 5) is 0. The maximum Gasteiger partial charge on any atom is 0.139 e. The van der Waals surface area contributed by atoms with Gasteiger partial charge in [-0.1, -0.05) is 39.1 Å². The van der Waals surface area contributed by atoms with Crippen molar-refractivity contribution in [3.05, 3.63) is 56.0 Å². The minimum Gasteiger partial charge on any atom is -0.506 e. The molecule has 3 nitrogen and oxygen atoms in total. The second-order valence-corrected chi connectivity index (χ2v) is 5.81. The summed E-state index contributed by atoms with van der Waals surface area (Å²) in [5, 5.41) is 22.7. The van der Waals surface area contributed by atoms with Gasteiger partial charge in [0.15, 0.2) is 0 Å². The van der Waals surface area contributed by atoms with E-state index in [1.165, 1.54) is 6.07 Å². The van der Waals surface area contributed by atoms with Crippen LogP contribution in [-0.4, -0.2) is 5.11 Å². The molecule has 0 aliphatic heterocycles. The van der Waals surface area contributed by atoms with Crippen LogP contribution in [0.15, 0.2) is 34.8 Å². The molecule has 0 bridgehead atoms. The van der Waals surface area contributed by atoms with Crippen LogP contribution in [-0.2, 0) is 6.54 Å². The van der Waals surface area contributed by atoms with E-state index < -0.39 is 0 Å². The molecule has 6 heteroatoms. The highest BCUT2D eigenvalue weighted by Gasteiger charge is 2.09. The van der Waals surface area contributed by atoms with Gasteiger partial charge in [-0.3, -0.25) is 0 Å². The number of nitrogens with one attached hydrogen (secondary N) is 1. The van der Waals surface area contributed by atoms with Gasteiger partial charge in [0.25, 0.3) is 0 Å². The van der Waals surface area contributed by atoms with Crippen LogP contribution in [0.1, 0.15) is 11.1 Å². The molecule has 0 amide bonds. The molecule has 20 heavy (non-hydrogen) atoms. The van der Waals surface area contributed by atoms with E-state index in [2.05, 4.69) is 27.3 Å². The van der Waals surface area contributed by atoms with Gasteiger partial charge in [0.1, 0.15) is 11.8 Å². The van der Waals surface area contributed by atoms with Crippen LogP contribution >= 0.6 is 39.1 Å². The first-order valence-corrected chi connectivity index (χ1v) is 7.16. The molecular weight excluding hydrogens is 363 g/mol. The molecular formula is C14H9BrCl2N2O. The maximum absolute atomic E-state index is 9.88. The zero-order valence-corrected chi connectivity index (χ0v) is 13.2. The van der Waals surface area contributed by atoms with Crippen LogP contribution in [0.25, 0.3) is 0 Å². The zero-order valence-electron chi connectivity index (χ0n) is 10.1. The second kappa shape index (κ2) is 6.36. The fourth-order valence-corrected chi connectivity index (χ4v) is 2.60. The summed E-state index contributed by atoms with van der Waals surface area (Å²) < 4.78 is 0.854. The minimum absolute atomic E-state index is 0.0166. The van der Waals surface area contributed by atoms with Crippen molar-refractivity contribution in [2.24, 2.45) is 0 Å². The molecule has 0 aliphatic carbocycles. The zero-order chi connectivity index (χ0) is 14.7. The van der Waals surface area contributed by atoms with Crippen molar-refractivity contribution in [1.29, 1.82) is 5.26 Å². The van der Waals surface area contributed by atoms with Crippen LogP contribution in [0.2, 0.25) is 10.0 Å². The van der Waals surface area contributed by atoms with Crippen LogP contribution < -0.4 is 5.32 Å². The molecule has 0 saturated carbocycles. The molecule has 2 N–H and O–H groups in total. The van der Waals surface area contributed by atoms with Crippen LogP contribution in [0.4, 0.5) is 5.69 Å². The minimum atomic E-state index is -0.0166. The van der Waals surface area contributed by atoms with Crippen molar-refractivity contribution in [2.75, 3.05) is 5.32 Å². The molecule has 102 valence electrons. The average molecular weight is 372 g/mol. The van der Waals surface area contributed by atoms with Gasteiger partial charge in [-0.05, 0) is 30.3 Å². The molecule has 0 aromatic heterocycles. The third-order valence-electron chi connectivity index (χ3n) is 2.68. The topological polar surface area (TPSA) is 56.0 Å². The Hall–Kier alpha value is -1.41. The second-order valence-electron chi connectivity index (χ2n) is 4.05. The summed E-state index contributed by atoms with van der Waals surface area (Å²) in [5.41, 5.74) is 1.74. The number of halogens is 3. The molecule has 0 fully saturated rings. The Labute approximate surface area is 134 Å². The van der Waals surface area contributed by atoms with E-state index in [9.17, 15) is 5.11 Å². The largest absolute Gasteiger partial charge is 0.506 e. The van der Waals surface area contributed by atoms with Gasteiger partial charge < -0.3 is 10.4 Å². The Morgan fingerprint density at radius 3 is 2.70 bits per heavy atom. The Kier molecular flexibility index (Phi) is 4.77. The Morgan fingerprint density at radius 2 is 2.00 bits per heavy atom. The van der Waals surface area contributed by atoms with Gasteiger partial charge in [-0.2, -0.15) is 5.26 Å². The Balaban J connectivity index is 2.26. The molecule has 0 saturated heterocycles. The first-order valence-electron chi connectivity index (χ1n) is 5.61. The summed E-state index contributed by atoms with van der Waals surface area (Å²) in [6.07, 6.45) is 0. The third-order valence-corrected chi connectivity index (χ3v) is 3.68. The van der Waals surface area contributed by atoms with E-state index in [1.54, 1.807) is 24.3 Å². The van der Waals surface area contributed by atoms with Crippen molar-refractivity contribution in [3.63, 3.8) is 0 Å². The Bertz CT molecular complexity index is 698. The van der Waals surface area contributed by atoms with E-state index in [4.69, 9.17) is 28.5 Å². The number of hydrogen-bond acceptors (Lipinski definition) is 3. The van der Waals surface area contributed by atoms with Crippen molar-refractivity contribution in [3.8, 4) is 11.8 Å². The van der Waals surface area contributed by atoms with Gasteiger partial charge in [0.05, 0.1) is 16.3 Å². The normalized spacial score (nSPS) is 10.1. The fraction of sp³-hybridized carbons (Fsp3) is 0.0714. The highest BCUT2D eigenvalue weighted by Crippen LogP contribution is 2.32. The lowest BCUT2D eigenvalue weighted by Gasteiger charge is -2.11. The molecule has 2 aromatic rings. The molecule has 2 rings (SSSR count). The fourth-order valence-electron chi connectivity index (χ4n) is 1.70. The van der Waals surface area contributed by atoms with Crippen molar-refractivity contribution in [2.45, 2.75) is 6.54 Å². The van der Waals surface area contributed by atoms with Gasteiger partial charge in [0, 0.05) is 21.6 Å². The molecule has 0 heterocycles. The van der Waals surface area contributed by atoms with E-state index in [1.807, 2.05) is 0 Å². The number of benzene rings is 2. The number of rotatable bonds is 3. The number of aromatic hydroxyl groups is 1. The van der Waals surface area contributed by atoms with E-state index in [0.717, 1.165) is 4.47 Å². The van der Waals surface area contributed by atoms with Crippen LogP contribution in [0.3, 0.4) is 0 Å². The number of anilines is 1. The van der Waals surface area contributed by atoms with Crippen molar-refractivity contribution in [1.82, 2.24) is 0 Å². The monoisotopic (exact) mass is 370 g/mol. The van der Waals surface area contributed by atoms with E-state index in [0.29, 0.717) is 28.4 Å². The van der Waals surface area contributed by atoms with Crippen LogP contribution in [0.5, 0.6) is 5.75 Å². The van der Waals surface area contributed by atoms with E-state index in [-0.39, 0.29) is 10.8 Å². The lowest BCUT2D eigenvalue weighted by atomic mass is 10.1. The summed E-state index contributed by atoms with van der Waals surface area (Å²) in [6, 6.07) is 10.5. The number of nitrogens with zero attached hydrogens (tertiary/aromatic N) is 1. The first-order chi connectivity index (χ1) is 9.51. The lowest BCUT2D eigenvalue weighted by molar-refractivity contribution is 0.469. The number of phenolic OH excluding ortho intramolecular Hbond substituents is 1. The van der Waals surface area contributed by atoms with Crippen molar-refractivity contribution < 1.29 is 5.11 Å². The van der Waals surface area contributed by atoms with Gasteiger partial charge in [-0.25, -0.2) is 0 Å². The quantitative estimate of drug-likeness (QED) is 0.802. The summed E-state index contributed by atoms with van der Waals surface area (Å²) in [7, 11) is 0. The SMILES string of the molecule is N#Cc1ccc(Br)cc1NCc1cc(Cl)cc(Cl)c1O.